The van der Waals surface area contributed by atoms with Gasteiger partial charge in [0.25, 0.3) is 0 Å². The Morgan fingerprint density at radius 3 is 2.28 bits per heavy atom. The van der Waals surface area contributed by atoms with Gasteiger partial charge in [-0.05, 0) is 30.6 Å². The molecule has 150 valence electrons. The van der Waals surface area contributed by atoms with Crippen LogP contribution in [-0.4, -0.2) is 20.5 Å². The summed E-state index contributed by atoms with van der Waals surface area (Å²) < 4.78 is 60.1. The molecule has 0 aromatic rings. The van der Waals surface area contributed by atoms with E-state index in [1.807, 2.05) is 0 Å². The van der Waals surface area contributed by atoms with Crippen molar-refractivity contribution in [2.24, 2.45) is 17.8 Å². The van der Waals surface area contributed by atoms with Gasteiger partial charge >= 0.3 is 15.5 Å². The number of hydrogen-bond donors (Lipinski definition) is 1. The maximum Gasteiger partial charge on any atom is 0.511 e. The fraction of sp³-hybridized carbons (Fsp3) is 1.00. The van der Waals surface area contributed by atoms with Crippen LogP contribution in [0.15, 0.2) is 0 Å². The smallest absolute Gasteiger partial charge is 0.207 e. The van der Waals surface area contributed by atoms with Crippen molar-refractivity contribution >= 4 is 10.0 Å². The minimum absolute atomic E-state index is 0.145. The number of hydrogen-bond acceptors (Lipinski definition) is 2. The standard InChI is InChI=1S/C18H34F3NO2S/c1-3-17(13-12-16-10-5-4-6-11-16)15(2)9-7-8-14-22-25(23,24)18(19,20)21/h15-17,22H,3-14H2,1-2H3/t15-,17-/m1/s1. The first-order valence-electron chi connectivity index (χ1n) is 9.73. The molecule has 0 unspecified atom stereocenters. The van der Waals surface area contributed by atoms with Crippen molar-refractivity contribution in [2.75, 3.05) is 6.54 Å². The van der Waals surface area contributed by atoms with Gasteiger partial charge < -0.3 is 0 Å². The fourth-order valence-electron chi connectivity index (χ4n) is 3.93. The summed E-state index contributed by atoms with van der Waals surface area (Å²) in [6, 6.07) is 0. The van der Waals surface area contributed by atoms with Gasteiger partial charge in [0.05, 0.1) is 0 Å². The second-order valence-corrected chi connectivity index (χ2v) is 9.32. The second kappa shape index (κ2) is 10.8. The van der Waals surface area contributed by atoms with Gasteiger partial charge in [-0.2, -0.15) is 13.2 Å². The summed E-state index contributed by atoms with van der Waals surface area (Å²) in [5.74, 6) is 2.08. The Labute approximate surface area is 151 Å². The molecule has 0 heterocycles. The highest BCUT2D eigenvalue weighted by atomic mass is 32.2. The average molecular weight is 386 g/mol. The van der Waals surface area contributed by atoms with E-state index in [-0.39, 0.29) is 6.54 Å². The molecule has 2 atom stereocenters. The summed E-state index contributed by atoms with van der Waals surface area (Å²) in [5.41, 5.74) is -5.22. The molecule has 0 aliphatic heterocycles. The normalized spacial score (nSPS) is 19.7. The number of unbranched alkanes of at least 4 members (excludes halogenated alkanes) is 1. The molecular formula is C18H34F3NO2S. The topological polar surface area (TPSA) is 46.2 Å². The largest absolute Gasteiger partial charge is 0.511 e. The minimum Gasteiger partial charge on any atom is -0.207 e. The Hall–Kier alpha value is -0.300. The van der Waals surface area contributed by atoms with Crippen LogP contribution in [0.3, 0.4) is 0 Å². The number of halogens is 3. The molecule has 0 spiro atoms. The molecule has 1 N–H and O–H groups in total. The summed E-state index contributed by atoms with van der Waals surface area (Å²) in [7, 11) is -5.19. The lowest BCUT2D eigenvalue weighted by molar-refractivity contribution is -0.0447. The molecule has 0 aromatic heterocycles. The van der Waals surface area contributed by atoms with E-state index in [0.717, 1.165) is 25.2 Å². The Bertz CT molecular complexity index is 459. The van der Waals surface area contributed by atoms with Crippen molar-refractivity contribution in [3.8, 4) is 0 Å². The monoisotopic (exact) mass is 385 g/mol. The van der Waals surface area contributed by atoms with Crippen molar-refractivity contribution in [1.29, 1.82) is 0 Å². The molecular weight excluding hydrogens is 351 g/mol. The van der Waals surface area contributed by atoms with Gasteiger partial charge in [0.2, 0.25) is 0 Å². The van der Waals surface area contributed by atoms with E-state index in [1.54, 1.807) is 4.72 Å². The van der Waals surface area contributed by atoms with Crippen molar-refractivity contribution < 1.29 is 21.6 Å². The molecule has 1 aliphatic carbocycles. The fourth-order valence-corrected chi connectivity index (χ4v) is 4.51. The van der Waals surface area contributed by atoms with E-state index in [0.29, 0.717) is 18.3 Å². The van der Waals surface area contributed by atoms with E-state index in [1.165, 1.54) is 44.9 Å². The number of rotatable bonds is 11. The SMILES string of the molecule is CC[C@H](CCC1CCCCC1)[C@H](C)CCCCNS(=O)(=O)C(F)(F)F. The predicted molar refractivity (Wildman–Crippen MR) is 95.6 cm³/mol. The van der Waals surface area contributed by atoms with Gasteiger partial charge in [-0.15, -0.1) is 0 Å². The summed E-state index contributed by atoms with van der Waals surface area (Å²) in [5, 5.41) is 0. The molecule has 0 saturated heterocycles. The van der Waals surface area contributed by atoms with Gasteiger partial charge in [0, 0.05) is 6.54 Å². The van der Waals surface area contributed by atoms with E-state index in [4.69, 9.17) is 0 Å². The summed E-state index contributed by atoms with van der Waals surface area (Å²) in [6.07, 6.45) is 12.6. The molecule has 3 nitrogen and oxygen atoms in total. The lowest BCUT2D eigenvalue weighted by Gasteiger charge is -2.27. The zero-order chi connectivity index (χ0) is 18.9. The van der Waals surface area contributed by atoms with Crippen LogP contribution >= 0.6 is 0 Å². The second-order valence-electron chi connectivity index (χ2n) is 7.57. The van der Waals surface area contributed by atoms with Crippen LogP contribution in [0.2, 0.25) is 0 Å². The number of nitrogens with one attached hydrogen (secondary N) is 1. The minimum atomic E-state index is -5.22. The first-order chi connectivity index (χ1) is 11.7. The maximum atomic E-state index is 12.2. The van der Waals surface area contributed by atoms with Crippen molar-refractivity contribution in [3.63, 3.8) is 0 Å². The van der Waals surface area contributed by atoms with Crippen LogP contribution in [0.4, 0.5) is 13.2 Å². The lowest BCUT2D eigenvalue weighted by Crippen LogP contribution is -2.36. The van der Waals surface area contributed by atoms with Crippen LogP contribution in [-0.2, 0) is 10.0 Å². The van der Waals surface area contributed by atoms with E-state index >= 15 is 0 Å². The zero-order valence-corrected chi connectivity index (χ0v) is 16.4. The number of alkyl halides is 3. The quantitative estimate of drug-likeness (QED) is 0.469. The molecule has 0 radical (unpaired) electrons. The van der Waals surface area contributed by atoms with Crippen LogP contribution in [0.25, 0.3) is 0 Å². The zero-order valence-electron chi connectivity index (χ0n) is 15.6. The Morgan fingerprint density at radius 1 is 1.08 bits per heavy atom. The van der Waals surface area contributed by atoms with Crippen LogP contribution in [0.1, 0.15) is 84.5 Å². The summed E-state index contributed by atoms with van der Waals surface area (Å²) in [4.78, 5) is 0. The van der Waals surface area contributed by atoms with Gasteiger partial charge in [-0.3, -0.25) is 0 Å². The Kier molecular flexibility index (Phi) is 9.78. The maximum absolute atomic E-state index is 12.2. The number of sulfonamides is 1. The molecule has 25 heavy (non-hydrogen) atoms. The average Bonchev–Trinajstić information content (AvgIpc) is 2.55. The Balaban J connectivity index is 2.21. The Morgan fingerprint density at radius 2 is 1.72 bits per heavy atom. The highest BCUT2D eigenvalue weighted by Gasteiger charge is 2.45. The van der Waals surface area contributed by atoms with Gasteiger partial charge in [0.1, 0.15) is 0 Å². The van der Waals surface area contributed by atoms with E-state index in [2.05, 4.69) is 13.8 Å². The third kappa shape index (κ3) is 8.29. The summed E-state index contributed by atoms with van der Waals surface area (Å²) >= 11 is 0. The molecule has 1 saturated carbocycles. The molecule has 0 bridgehead atoms. The molecule has 7 heteroatoms. The third-order valence-electron chi connectivity index (χ3n) is 5.68. The van der Waals surface area contributed by atoms with Gasteiger partial charge in [-0.1, -0.05) is 71.6 Å². The van der Waals surface area contributed by atoms with Gasteiger partial charge in [-0.25, -0.2) is 13.1 Å². The molecule has 1 rings (SSSR count). The van der Waals surface area contributed by atoms with E-state index in [9.17, 15) is 21.6 Å². The van der Waals surface area contributed by atoms with Crippen molar-refractivity contribution in [3.05, 3.63) is 0 Å². The highest BCUT2D eigenvalue weighted by molar-refractivity contribution is 7.90. The molecule has 1 fully saturated rings. The highest BCUT2D eigenvalue weighted by Crippen LogP contribution is 2.32. The third-order valence-corrected chi connectivity index (χ3v) is 6.88. The predicted octanol–water partition coefficient (Wildman–Crippen LogP) is 5.62. The van der Waals surface area contributed by atoms with E-state index < -0.39 is 15.5 Å². The lowest BCUT2D eigenvalue weighted by atomic mass is 9.79. The first-order valence-corrected chi connectivity index (χ1v) is 11.2. The molecule has 0 aromatic carbocycles. The molecule has 1 aliphatic rings. The van der Waals surface area contributed by atoms with Crippen LogP contribution < -0.4 is 4.72 Å². The van der Waals surface area contributed by atoms with Crippen LogP contribution in [0.5, 0.6) is 0 Å². The molecule has 0 amide bonds. The van der Waals surface area contributed by atoms with Gasteiger partial charge in [0.15, 0.2) is 0 Å². The summed E-state index contributed by atoms with van der Waals surface area (Å²) in [6.45, 7) is 4.28. The van der Waals surface area contributed by atoms with Crippen molar-refractivity contribution in [2.45, 2.75) is 90.0 Å². The first kappa shape index (κ1) is 22.7. The van der Waals surface area contributed by atoms with Crippen LogP contribution in [0, 0.1) is 17.8 Å². The van der Waals surface area contributed by atoms with Crippen molar-refractivity contribution in [1.82, 2.24) is 4.72 Å².